The van der Waals surface area contributed by atoms with Crippen LogP contribution >= 0.6 is 0 Å². The van der Waals surface area contributed by atoms with Crippen LogP contribution in [0, 0.1) is 0 Å². The fourth-order valence-electron chi connectivity index (χ4n) is 3.76. The topological polar surface area (TPSA) is 0 Å². The summed E-state index contributed by atoms with van der Waals surface area (Å²) in [6.07, 6.45) is 2.39. The molecule has 0 amide bonds. The van der Waals surface area contributed by atoms with Gasteiger partial charge in [-0.2, -0.15) is 0 Å². The van der Waals surface area contributed by atoms with Gasteiger partial charge in [0.05, 0.1) is 27.7 Å². The third-order valence-corrected chi connectivity index (χ3v) is 4.89. The molecule has 0 unspecified atom stereocenters. The third kappa shape index (κ3) is 3.01. The first-order valence-electron chi connectivity index (χ1n) is 8.49. The standard InChI is InChI=1S/C22H24N.BrH/c1-23(2,3)15-5-8-16-9-10-19-12-11-17-6-4-7-18-13-14-20(16)22(19)21(17)18;/h4,6-7,9-14H,5,8,15H2,1-3H3;1H/q+1;/p-1. The molecule has 0 fully saturated rings. The molecule has 4 aromatic carbocycles. The van der Waals surface area contributed by atoms with Gasteiger partial charge in [0, 0.05) is 6.42 Å². The molecule has 0 heterocycles. The highest BCUT2D eigenvalue weighted by Gasteiger charge is 2.12. The van der Waals surface area contributed by atoms with Crippen LogP contribution in [0.3, 0.4) is 0 Å². The van der Waals surface area contributed by atoms with Gasteiger partial charge >= 0.3 is 0 Å². The van der Waals surface area contributed by atoms with Crippen molar-refractivity contribution < 1.29 is 21.5 Å². The summed E-state index contributed by atoms with van der Waals surface area (Å²) in [5, 5.41) is 8.38. The Balaban J connectivity index is 0.00000169. The molecule has 4 rings (SSSR count). The zero-order valence-corrected chi connectivity index (χ0v) is 16.2. The van der Waals surface area contributed by atoms with Gasteiger partial charge in [-0.15, -0.1) is 0 Å². The molecule has 1 nitrogen and oxygen atoms in total. The van der Waals surface area contributed by atoms with Gasteiger partial charge in [0.15, 0.2) is 0 Å². The summed E-state index contributed by atoms with van der Waals surface area (Å²) in [4.78, 5) is 0. The number of benzene rings is 4. The predicted octanol–water partition coefficient (Wildman–Crippen LogP) is 2.23. The maximum Gasteiger partial charge on any atom is 0.0783 e. The van der Waals surface area contributed by atoms with Crippen LogP contribution in [-0.4, -0.2) is 32.2 Å². The highest BCUT2D eigenvalue weighted by molar-refractivity contribution is 6.23. The second-order valence-corrected chi connectivity index (χ2v) is 7.70. The number of hydrogen-bond acceptors (Lipinski definition) is 0. The van der Waals surface area contributed by atoms with Gasteiger partial charge in [-0.1, -0.05) is 54.6 Å². The van der Waals surface area contributed by atoms with Crippen molar-refractivity contribution in [3.05, 3.63) is 60.2 Å². The third-order valence-electron chi connectivity index (χ3n) is 4.89. The van der Waals surface area contributed by atoms with Crippen LogP contribution in [0.5, 0.6) is 0 Å². The van der Waals surface area contributed by atoms with Crippen molar-refractivity contribution in [3.63, 3.8) is 0 Å². The van der Waals surface area contributed by atoms with Crippen LogP contribution in [0.1, 0.15) is 12.0 Å². The van der Waals surface area contributed by atoms with E-state index < -0.39 is 0 Å². The van der Waals surface area contributed by atoms with Gasteiger partial charge < -0.3 is 21.5 Å². The molecule has 4 aromatic rings. The second kappa shape index (κ2) is 6.34. The van der Waals surface area contributed by atoms with Crippen molar-refractivity contribution in [1.29, 1.82) is 0 Å². The van der Waals surface area contributed by atoms with Gasteiger partial charge in [-0.05, 0) is 44.3 Å². The Labute approximate surface area is 154 Å². The largest absolute Gasteiger partial charge is 1.00 e. The molecule has 0 N–H and O–H groups in total. The Hall–Kier alpha value is -1.64. The van der Waals surface area contributed by atoms with Gasteiger partial charge in [-0.25, -0.2) is 0 Å². The lowest BCUT2D eigenvalue weighted by Crippen LogP contribution is -3.00. The van der Waals surface area contributed by atoms with Crippen LogP contribution in [0.15, 0.2) is 54.6 Å². The smallest absolute Gasteiger partial charge is 0.0783 e. The van der Waals surface area contributed by atoms with E-state index in [1.165, 1.54) is 50.8 Å². The molecule has 0 spiro atoms. The summed E-state index contributed by atoms with van der Waals surface area (Å²) < 4.78 is 1.03. The van der Waals surface area contributed by atoms with Crippen molar-refractivity contribution in [2.24, 2.45) is 0 Å². The Kier molecular flexibility index (Phi) is 4.54. The molecule has 0 aliphatic rings. The van der Waals surface area contributed by atoms with Crippen LogP contribution in [0.2, 0.25) is 0 Å². The van der Waals surface area contributed by atoms with E-state index in [0.717, 1.165) is 10.9 Å². The fourth-order valence-corrected chi connectivity index (χ4v) is 3.76. The molecule has 0 radical (unpaired) electrons. The molecule has 0 aromatic heterocycles. The van der Waals surface area contributed by atoms with E-state index in [2.05, 4.69) is 75.7 Å². The molecule has 124 valence electrons. The van der Waals surface area contributed by atoms with Crippen LogP contribution in [0.4, 0.5) is 0 Å². The van der Waals surface area contributed by atoms with E-state index in [4.69, 9.17) is 0 Å². The van der Waals surface area contributed by atoms with Crippen LogP contribution < -0.4 is 17.0 Å². The first kappa shape index (κ1) is 17.2. The Morgan fingerprint density at radius 2 is 1.29 bits per heavy atom. The van der Waals surface area contributed by atoms with Crippen molar-refractivity contribution in [1.82, 2.24) is 0 Å². The number of hydrogen-bond donors (Lipinski definition) is 0. The lowest BCUT2D eigenvalue weighted by molar-refractivity contribution is -0.870. The molecular weight excluding hydrogens is 358 g/mol. The summed E-state index contributed by atoms with van der Waals surface area (Å²) in [5.41, 5.74) is 1.49. The van der Waals surface area contributed by atoms with Crippen molar-refractivity contribution >= 4 is 32.3 Å². The summed E-state index contributed by atoms with van der Waals surface area (Å²) in [5.74, 6) is 0. The van der Waals surface area contributed by atoms with E-state index in [1.807, 2.05) is 0 Å². The average Bonchev–Trinajstić information content (AvgIpc) is 2.52. The summed E-state index contributed by atoms with van der Waals surface area (Å²) in [6, 6.07) is 20.4. The number of nitrogens with zero attached hydrogens (tertiary/aromatic N) is 1. The summed E-state index contributed by atoms with van der Waals surface area (Å²) in [7, 11) is 6.80. The van der Waals surface area contributed by atoms with Crippen molar-refractivity contribution in [2.75, 3.05) is 27.7 Å². The fraction of sp³-hybridized carbons (Fsp3) is 0.273. The van der Waals surface area contributed by atoms with E-state index in [0.29, 0.717) is 0 Å². The average molecular weight is 382 g/mol. The molecule has 0 aliphatic carbocycles. The van der Waals surface area contributed by atoms with Crippen LogP contribution in [-0.2, 0) is 6.42 Å². The summed E-state index contributed by atoms with van der Waals surface area (Å²) in [6.45, 7) is 1.21. The molecular formula is C22H24BrN. The Morgan fingerprint density at radius 3 is 1.96 bits per heavy atom. The molecule has 0 bridgehead atoms. The highest BCUT2D eigenvalue weighted by Crippen LogP contribution is 2.36. The maximum absolute atomic E-state index is 2.33. The zero-order chi connectivity index (χ0) is 16.0. The minimum Gasteiger partial charge on any atom is -1.00 e. The van der Waals surface area contributed by atoms with E-state index in [-0.39, 0.29) is 17.0 Å². The Bertz CT molecular complexity index is 966. The monoisotopic (exact) mass is 381 g/mol. The zero-order valence-electron chi connectivity index (χ0n) is 14.6. The quantitative estimate of drug-likeness (QED) is 0.375. The number of rotatable bonds is 4. The Morgan fingerprint density at radius 1 is 0.708 bits per heavy atom. The molecule has 0 atom stereocenters. The molecule has 2 heteroatoms. The number of halogens is 1. The van der Waals surface area contributed by atoms with Crippen molar-refractivity contribution in [2.45, 2.75) is 12.8 Å². The van der Waals surface area contributed by atoms with E-state index in [9.17, 15) is 0 Å². The minimum absolute atomic E-state index is 0. The van der Waals surface area contributed by atoms with Gasteiger partial charge in [0.1, 0.15) is 0 Å². The molecule has 0 saturated carbocycles. The van der Waals surface area contributed by atoms with Crippen LogP contribution in [0.25, 0.3) is 32.3 Å². The SMILES string of the molecule is C[N+](C)(C)CCCc1ccc2ccc3cccc4ccc1c2c34.[Br-]. The lowest BCUT2D eigenvalue weighted by Gasteiger charge is -2.24. The molecule has 0 aliphatic heterocycles. The second-order valence-electron chi connectivity index (χ2n) is 7.70. The molecule has 0 saturated heterocycles. The van der Waals surface area contributed by atoms with Gasteiger partial charge in [0.25, 0.3) is 0 Å². The first-order chi connectivity index (χ1) is 11.0. The highest BCUT2D eigenvalue weighted by atomic mass is 79.9. The lowest BCUT2D eigenvalue weighted by atomic mass is 9.91. The predicted molar refractivity (Wildman–Crippen MR) is 101 cm³/mol. The van der Waals surface area contributed by atoms with Gasteiger partial charge in [-0.3, -0.25) is 0 Å². The first-order valence-corrected chi connectivity index (χ1v) is 8.49. The van der Waals surface area contributed by atoms with Gasteiger partial charge in [0.2, 0.25) is 0 Å². The normalized spacial score (nSPS) is 12.1. The maximum atomic E-state index is 2.33. The summed E-state index contributed by atoms with van der Waals surface area (Å²) >= 11 is 0. The van der Waals surface area contributed by atoms with Crippen molar-refractivity contribution in [3.8, 4) is 0 Å². The van der Waals surface area contributed by atoms with E-state index in [1.54, 1.807) is 0 Å². The van der Waals surface area contributed by atoms with E-state index >= 15 is 0 Å². The minimum atomic E-state index is 0. The number of quaternary nitrogens is 1. The molecule has 24 heavy (non-hydrogen) atoms. The number of aryl methyl sites for hydroxylation is 1.